The molecular formula is C16H18N2OS. The normalized spacial score (nSPS) is 10.3. The molecule has 4 heteroatoms. The van der Waals surface area contributed by atoms with Crippen molar-refractivity contribution in [2.75, 3.05) is 11.6 Å². The average Bonchev–Trinajstić information content (AvgIpc) is 2.43. The van der Waals surface area contributed by atoms with Gasteiger partial charge in [-0.25, -0.2) is 0 Å². The van der Waals surface area contributed by atoms with E-state index in [-0.39, 0.29) is 0 Å². The molecule has 0 atom stereocenters. The number of amides is 1. The van der Waals surface area contributed by atoms with Crippen molar-refractivity contribution in [3.8, 4) is 0 Å². The van der Waals surface area contributed by atoms with Gasteiger partial charge in [0.2, 0.25) is 5.91 Å². The molecule has 3 N–H and O–H groups in total. The lowest BCUT2D eigenvalue weighted by molar-refractivity contribution is 0.100. The first kappa shape index (κ1) is 14.5. The molecule has 2 aromatic rings. The van der Waals surface area contributed by atoms with Crippen LogP contribution in [0.2, 0.25) is 0 Å². The van der Waals surface area contributed by atoms with Crippen molar-refractivity contribution in [1.29, 1.82) is 0 Å². The second-order valence-corrected chi connectivity index (χ2v) is 5.58. The first-order valence-corrected chi connectivity index (χ1v) is 7.56. The van der Waals surface area contributed by atoms with Gasteiger partial charge in [-0.1, -0.05) is 0 Å². The van der Waals surface area contributed by atoms with Crippen molar-refractivity contribution in [2.45, 2.75) is 18.7 Å². The Labute approximate surface area is 123 Å². The lowest BCUT2D eigenvalue weighted by Crippen LogP contribution is -2.10. The molecular weight excluding hydrogens is 268 g/mol. The smallest absolute Gasteiger partial charge is 0.248 e. The van der Waals surface area contributed by atoms with Crippen molar-refractivity contribution < 1.29 is 4.79 Å². The van der Waals surface area contributed by atoms with Gasteiger partial charge in [0.15, 0.2) is 0 Å². The van der Waals surface area contributed by atoms with Gasteiger partial charge in [0.1, 0.15) is 0 Å². The minimum Gasteiger partial charge on any atom is -0.366 e. The molecule has 0 aromatic heterocycles. The third-order valence-electron chi connectivity index (χ3n) is 3.18. The van der Waals surface area contributed by atoms with Gasteiger partial charge in [0.25, 0.3) is 0 Å². The SMILES string of the molecule is CSc1cc(C)c(Nc2ccc(C(N)=O)cc2)c(C)c1. The van der Waals surface area contributed by atoms with Crippen LogP contribution in [0, 0.1) is 13.8 Å². The minimum absolute atomic E-state index is 0.409. The van der Waals surface area contributed by atoms with E-state index < -0.39 is 5.91 Å². The monoisotopic (exact) mass is 286 g/mol. The molecule has 0 fully saturated rings. The molecule has 0 radical (unpaired) electrons. The number of anilines is 2. The van der Waals surface area contributed by atoms with Crippen molar-refractivity contribution in [3.05, 3.63) is 53.1 Å². The number of rotatable bonds is 4. The van der Waals surface area contributed by atoms with E-state index in [1.54, 1.807) is 23.9 Å². The second kappa shape index (κ2) is 6.01. The Morgan fingerprint density at radius 1 is 1.10 bits per heavy atom. The van der Waals surface area contributed by atoms with Crippen LogP contribution < -0.4 is 11.1 Å². The molecule has 0 saturated heterocycles. The highest BCUT2D eigenvalue weighted by Crippen LogP contribution is 2.29. The Morgan fingerprint density at radius 2 is 1.65 bits per heavy atom. The Balaban J connectivity index is 2.28. The summed E-state index contributed by atoms with van der Waals surface area (Å²) >= 11 is 1.74. The van der Waals surface area contributed by atoms with E-state index in [0.717, 1.165) is 11.4 Å². The fourth-order valence-corrected chi connectivity index (χ4v) is 2.69. The topological polar surface area (TPSA) is 55.1 Å². The number of carbonyl (C=O) groups is 1. The van der Waals surface area contributed by atoms with Gasteiger partial charge in [-0.15, -0.1) is 11.8 Å². The van der Waals surface area contributed by atoms with Crippen molar-refractivity contribution >= 4 is 29.0 Å². The lowest BCUT2D eigenvalue weighted by Gasteiger charge is -2.14. The van der Waals surface area contributed by atoms with Crippen molar-refractivity contribution in [2.24, 2.45) is 5.73 Å². The molecule has 0 heterocycles. The fraction of sp³-hybridized carbons (Fsp3) is 0.188. The van der Waals surface area contributed by atoms with Gasteiger partial charge in [0, 0.05) is 21.8 Å². The minimum atomic E-state index is -0.409. The Kier molecular flexibility index (Phi) is 4.35. The molecule has 104 valence electrons. The highest BCUT2D eigenvalue weighted by molar-refractivity contribution is 7.98. The summed E-state index contributed by atoms with van der Waals surface area (Å²) in [6.45, 7) is 4.18. The maximum Gasteiger partial charge on any atom is 0.248 e. The first-order valence-electron chi connectivity index (χ1n) is 6.33. The number of primary amides is 1. The van der Waals surface area contributed by atoms with E-state index >= 15 is 0 Å². The molecule has 2 aromatic carbocycles. The largest absolute Gasteiger partial charge is 0.366 e. The van der Waals surface area contributed by atoms with Crippen LogP contribution >= 0.6 is 11.8 Å². The van der Waals surface area contributed by atoms with Crippen LogP contribution in [0.5, 0.6) is 0 Å². The van der Waals surface area contributed by atoms with E-state index in [2.05, 4.69) is 37.6 Å². The van der Waals surface area contributed by atoms with Crippen LogP contribution in [-0.2, 0) is 0 Å². The number of benzene rings is 2. The maximum absolute atomic E-state index is 11.0. The number of carbonyl (C=O) groups excluding carboxylic acids is 1. The zero-order valence-corrected chi connectivity index (χ0v) is 12.7. The van der Waals surface area contributed by atoms with Crippen LogP contribution in [-0.4, -0.2) is 12.2 Å². The zero-order chi connectivity index (χ0) is 14.7. The summed E-state index contributed by atoms with van der Waals surface area (Å²) in [5.74, 6) is -0.409. The third kappa shape index (κ3) is 3.14. The van der Waals surface area contributed by atoms with E-state index in [1.807, 2.05) is 12.1 Å². The molecule has 3 nitrogen and oxygen atoms in total. The summed E-state index contributed by atoms with van der Waals surface area (Å²) < 4.78 is 0. The average molecular weight is 286 g/mol. The van der Waals surface area contributed by atoms with Crippen LogP contribution in [0.25, 0.3) is 0 Å². The van der Waals surface area contributed by atoms with Gasteiger partial charge in [-0.3, -0.25) is 4.79 Å². The van der Waals surface area contributed by atoms with Crippen molar-refractivity contribution in [3.63, 3.8) is 0 Å². The van der Waals surface area contributed by atoms with Gasteiger partial charge in [0.05, 0.1) is 0 Å². The van der Waals surface area contributed by atoms with E-state index in [1.165, 1.54) is 16.0 Å². The number of nitrogens with one attached hydrogen (secondary N) is 1. The molecule has 0 bridgehead atoms. The van der Waals surface area contributed by atoms with Crippen LogP contribution in [0.3, 0.4) is 0 Å². The number of hydrogen-bond acceptors (Lipinski definition) is 3. The Morgan fingerprint density at radius 3 is 2.10 bits per heavy atom. The molecule has 2 rings (SSSR count). The van der Waals surface area contributed by atoms with Gasteiger partial charge < -0.3 is 11.1 Å². The summed E-state index contributed by atoms with van der Waals surface area (Å²) in [5.41, 5.74) is 10.2. The molecule has 0 saturated carbocycles. The van der Waals surface area contributed by atoms with Gasteiger partial charge in [-0.2, -0.15) is 0 Å². The molecule has 0 unspecified atom stereocenters. The first-order chi connectivity index (χ1) is 9.51. The highest BCUT2D eigenvalue weighted by Gasteiger charge is 2.06. The fourth-order valence-electron chi connectivity index (χ4n) is 2.10. The second-order valence-electron chi connectivity index (χ2n) is 4.70. The molecule has 0 aliphatic carbocycles. The van der Waals surface area contributed by atoms with Crippen LogP contribution in [0.1, 0.15) is 21.5 Å². The maximum atomic E-state index is 11.0. The summed E-state index contributed by atoms with van der Waals surface area (Å²) in [6, 6.07) is 11.5. The van der Waals surface area contributed by atoms with E-state index in [9.17, 15) is 4.79 Å². The number of nitrogens with two attached hydrogens (primary N) is 1. The summed E-state index contributed by atoms with van der Waals surface area (Å²) in [4.78, 5) is 12.3. The summed E-state index contributed by atoms with van der Waals surface area (Å²) in [7, 11) is 0. The number of thioether (sulfide) groups is 1. The Bertz CT molecular complexity index is 612. The molecule has 0 aliphatic rings. The highest BCUT2D eigenvalue weighted by atomic mass is 32.2. The van der Waals surface area contributed by atoms with Gasteiger partial charge >= 0.3 is 0 Å². The predicted octanol–water partition coefficient (Wildman–Crippen LogP) is 3.87. The summed E-state index contributed by atoms with van der Waals surface area (Å²) in [5, 5.41) is 3.40. The zero-order valence-electron chi connectivity index (χ0n) is 11.9. The standard InChI is InChI=1S/C16H18N2OS/c1-10-8-14(20-3)9-11(2)15(10)18-13-6-4-12(5-7-13)16(17)19/h4-9,18H,1-3H3,(H2,17,19). The van der Waals surface area contributed by atoms with E-state index in [0.29, 0.717) is 5.56 Å². The van der Waals surface area contributed by atoms with E-state index in [4.69, 9.17) is 5.73 Å². The number of aryl methyl sites for hydroxylation is 2. The quantitative estimate of drug-likeness (QED) is 0.839. The number of hydrogen-bond donors (Lipinski definition) is 2. The third-order valence-corrected chi connectivity index (χ3v) is 3.89. The molecule has 20 heavy (non-hydrogen) atoms. The van der Waals surface area contributed by atoms with Crippen LogP contribution in [0.4, 0.5) is 11.4 Å². The Hall–Kier alpha value is -1.94. The molecule has 0 spiro atoms. The van der Waals surface area contributed by atoms with Crippen molar-refractivity contribution in [1.82, 2.24) is 0 Å². The molecule has 1 amide bonds. The lowest BCUT2D eigenvalue weighted by atomic mass is 10.1. The van der Waals surface area contributed by atoms with Crippen LogP contribution in [0.15, 0.2) is 41.3 Å². The predicted molar refractivity (Wildman–Crippen MR) is 85.9 cm³/mol. The van der Waals surface area contributed by atoms with Gasteiger partial charge in [-0.05, 0) is 67.6 Å². The summed E-state index contributed by atoms with van der Waals surface area (Å²) in [6.07, 6.45) is 2.07. The molecule has 0 aliphatic heterocycles.